The summed E-state index contributed by atoms with van der Waals surface area (Å²) in [5.74, 6) is -0.255. The predicted octanol–water partition coefficient (Wildman–Crippen LogP) is 2.56. The van der Waals surface area contributed by atoms with Crippen LogP contribution in [0.4, 0.5) is 14.5 Å². The Morgan fingerprint density at radius 3 is 2.42 bits per heavy atom. The molecule has 0 aliphatic rings. The highest BCUT2D eigenvalue weighted by molar-refractivity contribution is 6.83. The van der Waals surface area contributed by atoms with Crippen LogP contribution >= 0.6 is 0 Å². The molecule has 1 aromatic carbocycles. The summed E-state index contributed by atoms with van der Waals surface area (Å²) in [5.41, 5.74) is 7.16. The summed E-state index contributed by atoms with van der Waals surface area (Å²) >= 11 is 0. The average Bonchev–Trinajstić information content (AvgIpc) is 2.31. The van der Waals surface area contributed by atoms with Gasteiger partial charge in [-0.2, -0.15) is 0 Å². The maximum absolute atomic E-state index is 14.1. The number of ether oxygens (including phenoxy) is 1. The number of esters is 1. The molecule has 0 bridgehead atoms. The molecular weight excluding hydrogens is 268 g/mol. The number of carbonyl (C=O) groups is 1. The summed E-state index contributed by atoms with van der Waals surface area (Å²) in [7, 11) is -0.691. The smallest absolute Gasteiger partial charge is 0.341 e. The summed E-state index contributed by atoms with van der Waals surface area (Å²) < 4.78 is 32.1. The molecule has 102 valence electrons. The number of anilines is 1. The number of benzene rings is 1. The van der Waals surface area contributed by atoms with Crippen molar-refractivity contribution in [1.29, 1.82) is 0 Å². The largest absolute Gasteiger partial charge is 0.465 e. The zero-order valence-electron chi connectivity index (χ0n) is 11.2. The van der Waals surface area contributed by atoms with Crippen LogP contribution < -0.4 is 5.73 Å². The van der Waals surface area contributed by atoms with Crippen LogP contribution in [0.2, 0.25) is 19.6 Å². The highest BCUT2D eigenvalue weighted by Gasteiger charge is 2.21. The molecule has 0 saturated carbocycles. The molecule has 0 atom stereocenters. The summed E-state index contributed by atoms with van der Waals surface area (Å²) in [5, 5.41) is 0. The highest BCUT2D eigenvalue weighted by atomic mass is 28.3. The van der Waals surface area contributed by atoms with Gasteiger partial charge in [-0.3, -0.25) is 0 Å². The van der Waals surface area contributed by atoms with E-state index >= 15 is 0 Å². The molecule has 3 nitrogen and oxygen atoms in total. The Morgan fingerprint density at radius 2 is 1.95 bits per heavy atom. The average molecular weight is 283 g/mol. The number of hydrogen-bond acceptors (Lipinski definition) is 3. The maximum Gasteiger partial charge on any atom is 0.341 e. The number of halogens is 2. The molecule has 1 rings (SSSR count). The van der Waals surface area contributed by atoms with Crippen molar-refractivity contribution in [1.82, 2.24) is 0 Å². The minimum absolute atomic E-state index is 0.289. The molecule has 0 amide bonds. The molecule has 0 spiro atoms. The van der Waals surface area contributed by atoms with E-state index in [1.165, 1.54) is 0 Å². The van der Waals surface area contributed by atoms with Crippen LogP contribution in [-0.4, -0.2) is 21.2 Å². The molecule has 1 aromatic rings. The second-order valence-corrected chi connectivity index (χ2v) is 9.75. The van der Waals surface area contributed by atoms with Crippen molar-refractivity contribution in [3.63, 3.8) is 0 Å². The lowest BCUT2D eigenvalue weighted by atomic mass is 10.1. The van der Waals surface area contributed by atoms with Crippen LogP contribution in [-0.2, 0) is 4.74 Å². The third-order valence-corrected chi connectivity index (χ3v) is 3.10. The van der Waals surface area contributed by atoms with E-state index in [4.69, 9.17) is 5.73 Å². The first-order valence-electron chi connectivity index (χ1n) is 5.56. The molecule has 0 heterocycles. The van der Waals surface area contributed by atoms with Gasteiger partial charge in [0.2, 0.25) is 0 Å². The quantitative estimate of drug-likeness (QED) is 0.373. The van der Waals surface area contributed by atoms with Crippen LogP contribution in [0.3, 0.4) is 0 Å². The van der Waals surface area contributed by atoms with Gasteiger partial charge in [0.15, 0.2) is 5.82 Å². The van der Waals surface area contributed by atoms with Gasteiger partial charge in [-0.1, -0.05) is 25.6 Å². The lowest BCUT2D eigenvalue weighted by molar-refractivity contribution is 0.0595. The van der Waals surface area contributed by atoms with Crippen LogP contribution in [0.5, 0.6) is 0 Å². The number of nitrogen functional groups attached to an aromatic ring is 1. The minimum atomic E-state index is -1.78. The summed E-state index contributed by atoms with van der Waals surface area (Å²) in [6.07, 6.45) is 0. The van der Waals surface area contributed by atoms with Gasteiger partial charge in [0.1, 0.15) is 13.9 Å². The monoisotopic (exact) mass is 283 g/mol. The second kappa shape index (κ2) is 5.41. The lowest BCUT2D eigenvalue weighted by Crippen LogP contribution is -2.17. The van der Waals surface area contributed by atoms with Crippen molar-refractivity contribution in [3.8, 4) is 11.5 Å². The Labute approximate surface area is 111 Å². The summed E-state index contributed by atoms with van der Waals surface area (Å²) in [6.45, 7) is 5.86. The van der Waals surface area contributed by atoms with E-state index in [9.17, 15) is 13.6 Å². The minimum Gasteiger partial charge on any atom is -0.465 e. The number of methoxy groups -OCH3 is 1. The van der Waals surface area contributed by atoms with E-state index < -0.39 is 36.9 Å². The van der Waals surface area contributed by atoms with Gasteiger partial charge in [-0.15, -0.1) is 5.54 Å². The first-order chi connectivity index (χ1) is 8.67. The Hall–Kier alpha value is -1.87. The molecule has 0 saturated heterocycles. The second-order valence-electron chi connectivity index (χ2n) is 5.00. The number of hydrogen-bond donors (Lipinski definition) is 1. The Balaban J connectivity index is 3.50. The summed E-state index contributed by atoms with van der Waals surface area (Å²) in [4.78, 5) is 11.3. The number of carbonyl (C=O) groups excluding carboxylic acids is 1. The van der Waals surface area contributed by atoms with Crippen LogP contribution in [0.1, 0.15) is 15.9 Å². The van der Waals surface area contributed by atoms with Gasteiger partial charge in [-0.25, -0.2) is 13.6 Å². The highest BCUT2D eigenvalue weighted by Crippen LogP contribution is 2.23. The Morgan fingerprint density at radius 1 is 1.37 bits per heavy atom. The van der Waals surface area contributed by atoms with Crippen molar-refractivity contribution in [2.24, 2.45) is 0 Å². The molecule has 0 aliphatic carbocycles. The first-order valence-corrected chi connectivity index (χ1v) is 9.06. The SMILES string of the molecule is COC(=O)c1cc(F)c(N)c(C#C[Si](C)(C)C)c1F. The van der Waals surface area contributed by atoms with Gasteiger partial charge in [-0.05, 0) is 6.07 Å². The van der Waals surface area contributed by atoms with Crippen LogP contribution in [0.25, 0.3) is 0 Å². The third kappa shape index (κ3) is 3.55. The van der Waals surface area contributed by atoms with Crippen molar-refractivity contribution in [2.45, 2.75) is 19.6 Å². The van der Waals surface area contributed by atoms with Crippen molar-refractivity contribution in [3.05, 3.63) is 28.8 Å². The zero-order chi connectivity index (χ0) is 14.8. The zero-order valence-corrected chi connectivity index (χ0v) is 12.2. The maximum atomic E-state index is 14.1. The molecule has 19 heavy (non-hydrogen) atoms. The first kappa shape index (κ1) is 15.2. The molecule has 0 aromatic heterocycles. The Bertz CT molecular complexity index is 583. The van der Waals surface area contributed by atoms with Crippen molar-refractivity contribution >= 4 is 19.7 Å². The lowest BCUT2D eigenvalue weighted by Gasteiger charge is -2.08. The van der Waals surface area contributed by atoms with Gasteiger partial charge in [0.05, 0.1) is 23.9 Å². The fourth-order valence-corrected chi connectivity index (χ4v) is 1.77. The van der Waals surface area contributed by atoms with Crippen LogP contribution in [0, 0.1) is 23.1 Å². The Kier molecular flexibility index (Phi) is 4.32. The van der Waals surface area contributed by atoms with Crippen molar-refractivity contribution < 1.29 is 18.3 Å². The molecule has 0 unspecified atom stereocenters. The molecule has 0 radical (unpaired) electrons. The normalized spacial score (nSPS) is 10.6. The molecular formula is C13H15F2NO2Si. The van der Waals surface area contributed by atoms with E-state index in [-0.39, 0.29) is 5.56 Å². The molecule has 2 N–H and O–H groups in total. The fraction of sp³-hybridized carbons (Fsp3) is 0.308. The van der Waals surface area contributed by atoms with E-state index in [0.29, 0.717) is 0 Å². The topological polar surface area (TPSA) is 52.3 Å². The van der Waals surface area contributed by atoms with E-state index in [1.807, 2.05) is 19.6 Å². The molecule has 0 aliphatic heterocycles. The third-order valence-electron chi connectivity index (χ3n) is 2.22. The van der Waals surface area contributed by atoms with Gasteiger partial charge < -0.3 is 10.5 Å². The standard InChI is InChI=1S/C13H15F2NO2Si/c1-18-13(17)9-7-10(14)12(16)8(11(9)15)5-6-19(2,3)4/h7H,16H2,1-4H3. The van der Waals surface area contributed by atoms with Crippen LogP contribution in [0.15, 0.2) is 6.07 Å². The number of rotatable bonds is 1. The van der Waals surface area contributed by atoms with E-state index in [1.54, 1.807) is 0 Å². The van der Waals surface area contributed by atoms with Gasteiger partial charge in [0.25, 0.3) is 0 Å². The predicted molar refractivity (Wildman–Crippen MR) is 72.3 cm³/mol. The van der Waals surface area contributed by atoms with E-state index in [2.05, 4.69) is 16.2 Å². The number of nitrogens with two attached hydrogens (primary N) is 1. The van der Waals surface area contributed by atoms with E-state index in [0.717, 1.165) is 13.2 Å². The molecule has 6 heteroatoms. The van der Waals surface area contributed by atoms with Gasteiger partial charge >= 0.3 is 5.97 Å². The van der Waals surface area contributed by atoms with Gasteiger partial charge in [0, 0.05) is 0 Å². The fourth-order valence-electron chi connectivity index (χ4n) is 1.27. The molecule has 0 fully saturated rings. The van der Waals surface area contributed by atoms with Crippen molar-refractivity contribution in [2.75, 3.05) is 12.8 Å². The summed E-state index contributed by atoms with van der Waals surface area (Å²) in [6, 6.07) is 0.718.